The summed E-state index contributed by atoms with van der Waals surface area (Å²) in [7, 11) is -3.54. The molecule has 1 fully saturated rings. The number of aryl methyl sites for hydroxylation is 1. The summed E-state index contributed by atoms with van der Waals surface area (Å²) in [6, 6.07) is 0. The Morgan fingerprint density at radius 1 is 1.30 bits per heavy atom. The Kier molecular flexibility index (Phi) is 4.46. The lowest BCUT2D eigenvalue weighted by atomic mass is 9.99. The fourth-order valence-corrected chi connectivity index (χ4v) is 4.32. The highest BCUT2D eigenvalue weighted by atomic mass is 32.2. The average Bonchev–Trinajstić information content (AvgIpc) is 3.00. The van der Waals surface area contributed by atoms with E-state index in [4.69, 9.17) is 4.52 Å². The Morgan fingerprint density at radius 2 is 1.90 bits per heavy atom. The molecular weight excluding hydrogens is 280 g/mol. The van der Waals surface area contributed by atoms with Gasteiger partial charge in [0.05, 0.1) is 5.54 Å². The standard InChI is InChI=1S/C12H22N4O3S/c1-4-16(5-2)20(17,18)15-12(8-6-7-9-12)11-13-10(3)19-14-11/h15H,4-9H2,1-3H3. The molecule has 20 heavy (non-hydrogen) atoms. The maximum atomic E-state index is 12.5. The zero-order chi connectivity index (χ0) is 14.8. The van der Waals surface area contributed by atoms with Crippen molar-refractivity contribution in [2.45, 2.75) is 52.0 Å². The van der Waals surface area contributed by atoms with E-state index in [9.17, 15) is 8.42 Å². The third-order valence-corrected chi connectivity index (χ3v) is 5.63. The van der Waals surface area contributed by atoms with E-state index in [0.29, 0.717) is 37.6 Å². The van der Waals surface area contributed by atoms with Crippen LogP contribution in [0.25, 0.3) is 0 Å². The normalized spacial score (nSPS) is 18.8. The molecule has 0 radical (unpaired) electrons. The molecule has 1 aromatic heterocycles. The third-order valence-electron chi connectivity index (χ3n) is 3.78. The van der Waals surface area contributed by atoms with Crippen molar-refractivity contribution < 1.29 is 12.9 Å². The van der Waals surface area contributed by atoms with Crippen molar-refractivity contribution in [1.82, 2.24) is 19.2 Å². The van der Waals surface area contributed by atoms with Crippen molar-refractivity contribution in [3.05, 3.63) is 11.7 Å². The van der Waals surface area contributed by atoms with Gasteiger partial charge in [-0.3, -0.25) is 0 Å². The van der Waals surface area contributed by atoms with Crippen molar-refractivity contribution in [2.24, 2.45) is 0 Å². The molecule has 1 aliphatic carbocycles. The first-order chi connectivity index (χ1) is 9.43. The fraction of sp³-hybridized carbons (Fsp3) is 0.833. The first kappa shape index (κ1) is 15.4. The van der Waals surface area contributed by atoms with Gasteiger partial charge in [-0.25, -0.2) is 0 Å². The van der Waals surface area contributed by atoms with E-state index in [0.717, 1.165) is 12.8 Å². The summed E-state index contributed by atoms with van der Waals surface area (Å²) in [6.07, 6.45) is 3.31. The molecule has 0 amide bonds. The minimum atomic E-state index is -3.54. The van der Waals surface area contributed by atoms with Crippen molar-refractivity contribution in [1.29, 1.82) is 0 Å². The van der Waals surface area contributed by atoms with Crippen molar-refractivity contribution in [3.63, 3.8) is 0 Å². The van der Waals surface area contributed by atoms with Crippen LogP contribution in [-0.4, -0.2) is 36.0 Å². The Hall–Kier alpha value is -0.990. The van der Waals surface area contributed by atoms with Gasteiger partial charge in [-0.1, -0.05) is 31.8 Å². The van der Waals surface area contributed by atoms with Crippen LogP contribution in [0.4, 0.5) is 0 Å². The molecule has 8 heteroatoms. The number of aromatic nitrogens is 2. The highest BCUT2D eigenvalue weighted by Gasteiger charge is 2.44. The quantitative estimate of drug-likeness (QED) is 0.856. The molecule has 0 aromatic carbocycles. The molecule has 0 atom stereocenters. The minimum absolute atomic E-state index is 0.438. The van der Waals surface area contributed by atoms with Crippen LogP contribution in [0.2, 0.25) is 0 Å². The van der Waals surface area contributed by atoms with Gasteiger partial charge in [0.1, 0.15) is 0 Å². The van der Waals surface area contributed by atoms with Gasteiger partial charge in [0, 0.05) is 20.0 Å². The lowest BCUT2D eigenvalue weighted by molar-refractivity contribution is 0.326. The van der Waals surface area contributed by atoms with E-state index in [1.165, 1.54) is 4.31 Å². The maximum absolute atomic E-state index is 12.5. The Bertz CT molecular complexity index is 545. The van der Waals surface area contributed by atoms with E-state index in [1.54, 1.807) is 6.92 Å². The van der Waals surface area contributed by atoms with Crippen molar-refractivity contribution in [3.8, 4) is 0 Å². The molecule has 0 bridgehead atoms. The number of nitrogens with zero attached hydrogens (tertiary/aromatic N) is 3. The number of hydrogen-bond donors (Lipinski definition) is 1. The Balaban J connectivity index is 2.31. The van der Waals surface area contributed by atoms with Gasteiger partial charge < -0.3 is 4.52 Å². The van der Waals surface area contributed by atoms with Gasteiger partial charge in [-0.2, -0.15) is 22.4 Å². The molecule has 1 saturated carbocycles. The maximum Gasteiger partial charge on any atom is 0.280 e. The molecule has 0 unspecified atom stereocenters. The van der Waals surface area contributed by atoms with Gasteiger partial charge >= 0.3 is 0 Å². The topological polar surface area (TPSA) is 88.3 Å². The van der Waals surface area contributed by atoms with E-state index in [-0.39, 0.29) is 0 Å². The summed E-state index contributed by atoms with van der Waals surface area (Å²) < 4.78 is 34.2. The number of rotatable bonds is 6. The second-order valence-electron chi connectivity index (χ2n) is 5.12. The van der Waals surface area contributed by atoms with Crippen LogP contribution < -0.4 is 4.72 Å². The summed E-state index contributed by atoms with van der Waals surface area (Å²) >= 11 is 0. The largest absolute Gasteiger partial charge is 0.340 e. The zero-order valence-corrected chi connectivity index (χ0v) is 13.0. The smallest absolute Gasteiger partial charge is 0.280 e. The van der Waals surface area contributed by atoms with E-state index in [1.807, 2.05) is 13.8 Å². The molecule has 0 saturated heterocycles. The van der Waals surface area contributed by atoms with Crippen LogP contribution in [0.1, 0.15) is 51.2 Å². The summed E-state index contributed by atoms with van der Waals surface area (Å²) in [5.74, 6) is 0.900. The summed E-state index contributed by atoms with van der Waals surface area (Å²) in [5.41, 5.74) is -0.723. The molecule has 1 aliphatic rings. The monoisotopic (exact) mass is 302 g/mol. The first-order valence-electron chi connectivity index (χ1n) is 7.03. The van der Waals surface area contributed by atoms with Crippen LogP contribution in [-0.2, 0) is 15.7 Å². The third kappa shape index (κ3) is 2.87. The second-order valence-corrected chi connectivity index (χ2v) is 6.79. The zero-order valence-electron chi connectivity index (χ0n) is 12.2. The Labute approximate surface area is 119 Å². The first-order valence-corrected chi connectivity index (χ1v) is 8.47. The van der Waals surface area contributed by atoms with Crippen LogP contribution in [0.15, 0.2) is 4.52 Å². The van der Waals surface area contributed by atoms with E-state index < -0.39 is 15.7 Å². The van der Waals surface area contributed by atoms with Crippen molar-refractivity contribution >= 4 is 10.2 Å². The van der Waals surface area contributed by atoms with Crippen LogP contribution in [0, 0.1) is 6.92 Å². The number of hydrogen-bond acceptors (Lipinski definition) is 5. The van der Waals surface area contributed by atoms with E-state index in [2.05, 4.69) is 14.9 Å². The molecule has 114 valence electrons. The molecule has 1 N–H and O–H groups in total. The van der Waals surface area contributed by atoms with Gasteiger partial charge in [0.2, 0.25) is 5.89 Å². The van der Waals surface area contributed by atoms with Crippen LogP contribution in [0.3, 0.4) is 0 Å². The fourth-order valence-electron chi connectivity index (χ4n) is 2.72. The summed E-state index contributed by atoms with van der Waals surface area (Å²) in [5, 5.41) is 3.93. The molecule has 7 nitrogen and oxygen atoms in total. The van der Waals surface area contributed by atoms with Crippen LogP contribution >= 0.6 is 0 Å². The Morgan fingerprint density at radius 3 is 2.35 bits per heavy atom. The van der Waals surface area contributed by atoms with Gasteiger partial charge in [-0.05, 0) is 12.8 Å². The highest BCUT2D eigenvalue weighted by Crippen LogP contribution is 2.38. The minimum Gasteiger partial charge on any atom is -0.340 e. The SMILES string of the molecule is CCN(CC)S(=O)(=O)NC1(c2noc(C)n2)CCCC1. The van der Waals surface area contributed by atoms with E-state index >= 15 is 0 Å². The van der Waals surface area contributed by atoms with Crippen LogP contribution in [0.5, 0.6) is 0 Å². The highest BCUT2D eigenvalue weighted by molar-refractivity contribution is 7.87. The van der Waals surface area contributed by atoms with Crippen molar-refractivity contribution in [2.75, 3.05) is 13.1 Å². The van der Waals surface area contributed by atoms with Gasteiger partial charge in [0.25, 0.3) is 10.2 Å². The molecular formula is C12H22N4O3S. The number of nitrogens with one attached hydrogen (secondary N) is 1. The molecule has 1 heterocycles. The van der Waals surface area contributed by atoms with Gasteiger partial charge in [-0.15, -0.1) is 0 Å². The molecule has 2 rings (SSSR count). The lowest BCUT2D eigenvalue weighted by Crippen LogP contribution is -2.50. The molecule has 0 spiro atoms. The lowest BCUT2D eigenvalue weighted by Gasteiger charge is -2.29. The molecule has 1 aromatic rings. The summed E-state index contributed by atoms with van der Waals surface area (Å²) in [6.45, 7) is 6.23. The van der Waals surface area contributed by atoms with Gasteiger partial charge in [0.15, 0.2) is 5.82 Å². The second kappa shape index (κ2) is 5.79. The summed E-state index contributed by atoms with van der Waals surface area (Å²) in [4.78, 5) is 4.24. The predicted molar refractivity (Wildman–Crippen MR) is 74.2 cm³/mol. The average molecular weight is 302 g/mol. The predicted octanol–water partition coefficient (Wildman–Crippen LogP) is 1.32. The molecule has 0 aliphatic heterocycles.